The Morgan fingerprint density at radius 2 is 2.38 bits per heavy atom. The number of rotatable bonds is 6. The maximum absolute atomic E-state index is 10.7. The van der Waals surface area contributed by atoms with E-state index in [1.165, 1.54) is 0 Å². The van der Waals surface area contributed by atoms with Gasteiger partial charge in [-0.1, -0.05) is 6.07 Å². The molecule has 1 rings (SSSR count). The molecule has 1 atom stereocenters. The Balaban J connectivity index is 2.34. The van der Waals surface area contributed by atoms with Gasteiger partial charge in [-0.15, -0.1) is 0 Å². The number of carbonyl (C=O) groups is 1. The zero-order chi connectivity index (χ0) is 12.0. The minimum absolute atomic E-state index is 0.349. The number of hydrogen-bond acceptors (Lipinski definition) is 5. The van der Waals surface area contributed by atoms with Crippen LogP contribution in [0.2, 0.25) is 0 Å². The first-order valence-corrected chi connectivity index (χ1v) is 4.88. The zero-order valence-corrected chi connectivity index (χ0v) is 9.14. The van der Waals surface area contributed by atoms with Crippen molar-refractivity contribution >= 4 is 5.91 Å². The second-order valence-electron chi connectivity index (χ2n) is 3.35. The lowest BCUT2D eigenvalue weighted by Crippen LogP contribution is -2.44. The van der Waals surface area contributed by atoms with Crippen LogP contribution in [0.4, 0.5) is 0 Å². The third kappa shape index (κ3) is 3.84. The average molecular weight is 224 g/mol. The predicted molar refractivity (Wildman–Crippen MR) is 59.7 cm³/mol. The number of nitrogens with zero attached hydrogens (tertiary/aromatic N) is 1. The van der Waals surface area contributed by atoms with E-state index in [-0.39, 0.29) is 0 Å². The van der Waals surface area contributed by atoms with Crippen LogP contribution in [-0.2, 0) is 11.3 Å². The van der Waals surface area contributed by atoms with E-state index in [0.29, 0.717) is 19.0 Å². The van der Waals surface area contributed by atoms with Gasteiger partial charge in [0.1, 0.15) is 0 Å². The van der Waals surface area contributed by atoms with Crippen molar-refractivity contribution in [3.63, 3.8) is 0 Å². The molecule has 0 radical (unpaired) electrons. The highest BCUT2D eigenvalue weighted by molar-refractivity contribution is 5.79. The van der Waals surface area contributed by atoms with E-state index in [9.17, 15) is 4.79 Å². The van der Waals surface area contributed by atoms with Gasteiger partial charge in [-0.3, -0.25) is 4.79 Å². The molecular weight excluding hydrogens is 208 g/mol. The van der Waals surface area contributed by atoms with Crippen LogP contribution in [0.3, 0.4) is 0 Å². The molecule has 0 aliphatic carbocycles. The van der Waals surface area contributed by atoms with Gasteiger partial charge in [-0.05, 0) is 5.56 Å². The maximum Gasteiger partial charge on any atom is 0.235 e. The summed E-state index contributed by atoms with van der Waals surface area (Å²) in [4.78, 5) is 14.7. The Morgan fingerprint density at radius 3 is 2.88 bits per heavy atom. The number of methoxy groups -OCH3 is 1. The molecule has 0 saturated heterocycles. The molecule has 0 aliphatic heterocycles. The second-order valence-corrected chi connectivity index (χ2v) is 3.35. The molecule has 1 aromatic rings. The van der Waals surface area contributed by atoms with Crippen molar-refractivity contribution in [3.05, 3.63) is 23.9 Å². The fourth-order valence-corrected chi connectivity index (χ4v) is 1.11. The first-order chi connectivity index (χ1) is 7.63. The van der Waals surface area contributed by atoms with Gasteiger partial charge in [0.2, 0.25) is 11.8 Å². The first-order valence-electron chi connectivity index (χ1n) is 4.88. The molecule has 16 heavy (non-hydrogen) atoms. The molecule has 0 bridgehead atoms. The van der Waals surface area contributed by atoms with Crippen molar-refractivity contribution in [1.82, 2.24) is 10.3 Å². The SMILES string of the molecule is COc1ccc(CNCC(N)C(N)=O)cn1. The summed E-state index contributed by atoms with van der Waals surface area (Å²) in [6, 6.07) is 2.99. The van der Waals surface area contributed by atoms with Gasteiger partial charge in [-0.2, -0.15) is 0 Å². The van der Waals surface area contributed by atoms with E-state index in [2.05, 4.69) is 10.3 Å². The van der Waals surface area contributed by atoms with Crippen molar-refractivity contribution in [2.45, 2.75) is 12.6 Å². The smallest absolute Gasteiger partial charge is 0.235 e. The van der Waals surface area contributed by atoms with Crippen LogP contribution in [0.1, 0.15) is 5.56 Å². The molecule has 1 heterocycles. The molecule has 0 aliphatic rings. The fourth-order valence-electron chi connectivity index (χ4n) is 1.11. The second kappa shape index (κ2) is 6.04. The molecule has 88 valence electrons. The first kappa shape index (κ1) is 12.4. The molecule has 0 spiro atoms. The van der Waals surface area contributed by atoms with Crippen molar-refractivity contribution in [2.24, 2.45) is 11.5 Å². The Labute approximate surface area is 94.0 Å². The summed E-state index contributed by atoms with van der Waals surface area (Å²) in [6.07, 6.45) is 1.70. The Hall–Kier alpha value is -1.66. The van der Waals surface area contributed by atoms with Gasteiger partial charge in [0, 0.05) is 25.4 Å². The summed E-state index contributed by atoms with van der Waals surface area (Å²) < 4.78 is 4.93. The van der Waals surface area contributed by atoms with E-state index in [1.54, 1.807) is 19.4 Å². The summed E-state index contributed by atoms with van der Waals surface area (Å²) in [7, 11) is 1.56. The van der Waals surface area contributed by atoms with E-state index in [4.69, 9.17) is 16.2 Å². The van der Waals surface area contributed by atoms with Gasteiger partial charge in [-0.25, -0.2) is 4.98 Å². The predicted octanol–water partition coefficient (Wildman–Crippen LogP) is -1.01. The van der Waals surface area contributed by atoms with Crippen molar-refractivity contribution < 1.29 is 9.53 Å². The van der Waals surface area contributed by atoms with Crippen LogP contribution in [0.25, 0.3) is 0 Å². The van der Waals surface area contributed by atoms with Crippen LogP contribution in [0, 0.1) is 0 Å². The summed E-state index contributed by atoms with van der Waals surface area (Å²) in [5, 5.41) is 3.01. The van der Waals surface area contributed by atoms with Gasteiger partial charge < -0.3 is 21.5 Å². The van der Waals surface area contributed by atoms with Crippen LogP contribution < -0.4 is 21.5 Å². The largest absolute Gasteiger partial charge is 0.481 e. The molecule has 6 heteroatoms. The highest BCUT2D eigenvalue weighted by Gasteiger charge is 2.07. The van der Waals surface area contributed by atoms with Crippen LogP contribution >= 0.6 is 0 Å². The number of hydrogen-bond donors (Lipinski definition) is 3. The Bertz CT molecular complexity index is 339. The van der Waals surface area contributed by atoms with Gasteiger partial charge in [0.15, 0.2) is 0 Å². The number of pyridine rings is 1. The molecule has 0 aromatic carbocycles. The molecular formula is C10H16N4O2. The van der Waals surface area contributed by atoms with Crippen molar-refractivity contribution in [3.8, 4) is 5.88 Å². The number of primary amides is 1. The van der Waals surface area contributed by atoms with Crippen LogP contribution in [0.15, 0.2) is 18.3 Å². The van der Waals surface area contributed by atoms with Crippen molar-refractivity contribution in [1.29, 1.82) is 0 Å². The van der Waals surface area contributed by atoms with E-state index in [0.717, 1.165) is 5.56 Å². The lowest BCUT2D eigenvalue weighted by Gasteiger charge is -2.09. The summed E-state index contributed by atoms with van der Waals surface area (Å²) in [6.45, 7) is 0.930. The van der Waals surface area contributed by atoms with Crippen LogP contribution in [-0.4, -0.2) is 30.6 Å². The Morgan fingerprint density at radius 1 is 1.62 bits per heavy atom. The minimum Gasteiger partial charge on any atom is -0.481 e. The highest BCUT2D eigenvalue weighted by Crippen LogP contribution is 2.05. The van der Waals surface area contributed by atoms with E-state index in [1.807, 2.05) is 6.07 Å². The van der Waals surface area contributed by atoms with E-state index >= 15 is 0 Å². The molecule has 0 fully saturated rings. The number of aromatic nitrogens is 1. The maximum atomic E-state index is 10.7. The normalized spacial score (nSPS) is 12.1. The molecule has 6 nitrogen and oxygen atoms in total. The number of nitrogens with two attached hydrogens (primary N) is 2. The third-order valence-electron chi connectivity index (χ3n) is 2.07. The number of ether oxygens (including phenoxy) is 1. The zero-order valence-electron chi connectivity index (χ0n) is 9.14. The topological polar surface area (TPSA) is 103 Å². The lowest BCUT2D eigenvalue weighted by molar-refractivity contribution is -0.119. The van der Waals surface area contributed by atoms with Gasteiger partial charge in [0.25, 0.3) is 0 Å². The fraction of sp³-hybridized carbons (Fsp3) is 0.400. The molecule has 1 amide bonds. The number of amides is 1. The van der Waals surface area contributed by atoms with Crippen molar-refractivity contribution in [2.75, 3.05) is 13.7 Å². The average Bonchev–Trinajstić information content (AvgIpc) is 2.29. The third-order valence-corrected chi connectivity index (χ3v) is 2.07. The van der Waals surface area contributed by atoms with Gasteiger partial charge >= 0.3 is 0 Å². The monoisotopic (exact) mass is 224 g/mol. The Kier molecular flexibility index (Phi) is 4.68. The summed E-state index contributed by atoms with van der Waals surface area (Å²) >= 11 is 0. The molecule has 1 aromatic heterocycles. The summed E-state index contributed by atoms with van der Waals surface area (Å²) in [5.74, 6) is 0.0537. The molecule has 1 unspecified atom stereocenters. The van der Waals surface area contributed by atoms with E-state index < -0.39 is 11.9 Å². The molecule has 0 saturated carbocycles. The van der Waals surface area contributed by atoms with Crippen LogP contribution in [0.5, 0.6) is 5.88 Å². The lowest BCUT2D eigenvalue weighted by atomic mass is 10.2. The number of carbonyl (C=O) groups excluding carboxylic acids is 1. The summed E-state index contributed by atoms with van der Waals surface area (Å²) in [5.41, 5.74) is 11.5. The minimum atomic E-state index is -0.661. The van der Waals surface area contributed by atoms with Gasteiger partial charge in [0.05, 0.1) is 13.2 Å². The highest BCUT2D eigenvalue weighted by atomic mass is 16.5. The number of nitrogens with one attached hydrogen (secondary N) is 1. The standard InChI is InChI=1S/C10H16N4O2/c1-16-9-3-2-7(5-14-9)4-13-6-8(11)10(12)15/h2-3,5,8,13H,4,6,11H2,1H3,(H2,12,15). The molecule has 5 N–H and O–H groups in total. The quantitative estimate of drug-likeness (QED) is 0.574.